The number of morpholine rings is 1. The molecule has 29 heavy (non-hydrogen) atoms. The lowest BCUT2D eigenvalue weighted by molar-refractivity contribution is -0.139. The number of benzene rings is 2. The third kappa shape index (κ3) is 4.41. The van der Waals surface area contributed by atoms with Crippen LogP contribution in [0.5, 0.6) is 0 Å². The molecule has 0 aliphatic carbocycles. The number of ether oxygens (including phenoxy) is 1. The van der Waals surface area contributed by atoms with Gasteiger partial charge in [0.15, 0.2) is 0 Å². The Balaban J connectivity index is 1.50. The fourth-order valence-electron chi connectivity index (χ4n) is 3.31. The van der Waals surface area contributed by atoms with Gasteiger partial charge in [-0.05, 0) is 35.9 Å². The van der Waals surface area contributed by atoms with E-state index in [9.17, 15) is 14.0 Å². The summed E-state index contributed by atoms with van der Waals surface area (Å²) in [5.74, 6) is -0.544. The van der Waals surface area contributed by atoms with Crippen LogP contribution in [0.1, 0.15) is 11.7 Å². The average molecular weight is 393 g/mol. The zero-order valence-electron chi connectivity index (χ0n) is 15.7. The van der Waals surface area contributed by atoms with Crippen LogP contribution in [0.3, 0.4) is 0 Å². The van der Waals surface area contributed by atoms with Gasteiger partial charge in [-0.2, -0.15) is 5.10 Å². The van der Waals surface area contributed by atoms with E-state index in [0.29, 0.717) is 31.0 Å². The second-order valence-electron chi connectivity index (χ2n) is 6.83. The molecule has 0 unspecified atom stereocenters. The fourth-order valence-corrected chi connectivity index (χ4v) is 3.31. The Kier molecular flexibility index (Phi) is 5.48. The standard InChI is InChI=1S/C22H20FN3O3/c23-18-8-6-16(7-9-18)19-10-11-21(27)26(24-19)15-22(28)25-12-13-29-20(14-25)17-4-2-1-3-5-17/h1-11,20H,12-15H2/t20-/m1/s1. The van der Waals surface area contributed by atoms with E-state index >= 15 is 0 Å². The first-order chi connectivity index (χ1) is 14.1. The van der Waals surface area contributed by atoms with E-state index in [2.05, 4.69) is 5.10 Å². The first-order valence-corrected chi connectivity index (χ1v) is 9.38. The van der Waals surface area contributed by atoms with Crippen molar-refractivity contribution < 1.29 is 13.9 Å². The van der Waals surface area contributed by atoms with E-state index in [4.69, 9.17) is 4.74 Å². The molecule has 1 aromatic heterocycles. The number of aromatic nitrogens is 2. The van der Waals surface area contributed by atoms with Crippen LogP contribution in [0.2, 0.25) is 0 Å². The quantitative estimate of drug-likeness (QED) is 0.684. The molecule has 1 aliphatic heterocycles. The minimum atomic E-state index is -0.364. The van der Waals surface area contributed by atoms with Crippen molar-refractivity contribution in [3.63, 3.8) is 0 Å². The molecule has 1 saturated heterocycles. The second kappa shape index (κ2) is 8.36. The van der Waals surface area contributed by atoms with Crippen molar-refractivity contribution in [2.75, 3.05) is 19.7 Å². The highest BCUT2D eigenvalue weighted by Crippen LogP contribution is 2.22. The lowest BCUT2D eigenvalue weighted by Crippen LogP contribution is -2.44. The van der Waals surface area contributed by atoms with Crippen molar-refractivity contribution >= 4 is 5.91 Å². The summed E-state index contributed by atoms with van der Waals surface area (Å²) < 4.78 is 20.1. The summed E-state index contributed by atoms with van der Waals surface area (Å²) >= 11 is 0. The molecule has 1 atom stereocenters. The summed E-state index contributed by atoms with van der Waals surface area (Å²) in [6, 6.07) is 18.5. The van der Waals surface area contributed by atoms with Crippen LogP contribution in [0.4, 0.5) is 4.39 Å². The van der Waals surface area contributed by atoms with E-state index in [0.717, 1.165) is 10.2 Å². The van der Waals surface area contributed by atoms with Crippen molar-refractivity contribution in [2.45, 2.75) is 12.6 Å². The maximum atomic E-state index is 13.1. The molecule has 3 aromatic rings. The van der Waals surface area contributed by atoms with Crippen LogP contribution in [-0.2, 0) is 16.1 Å². The summed E-state index contributed by atoms with van der Waals surface area (Å²) in [4.78, 5) is 26.7. The molecule has 148 valence electrons. The molecular formula is C22H20FN3O3. The fraction of sp³-hybridized carbons (Fsp3) is 0.227. The normalized spacial score (nSPS) is 16.6. The Hall–Kier alpha value is -3.32. The molecule has 0 bridgehead atoms. The van der Waals surface area contributed by atoms with Gasteiger partial charge in [0.1, 0.15) is 18.5 Å². The van der Waals surface area contributed by atoms with Gasteiger partial charge in [-0.3, -0.25) is 9.59 Å². The number of halogens is 1. The molecule has 0 spiro atoms. The maximum absolute atomic E-state index is 13.1. The number of rotatable bonds is 4. The summed E-state index contributed by atoms with van der Waals surface area (Å²) in [6.07, 6.45) is -0.191. The number of amides is 1. The van der Waals surface area contributed by atoms with Crippen LogP contribution in [0.15, 0.2) is 71.5 Å². The minimum Gasteiger partial charge on any atom is -0.370 e. The molecule has 1 aliphatic rings. The molecule has 4 rings (SSSR count). The van der Waals surface area contributed by atoms with Crippen LogP contribution in [0.25, 0.3) is 11.3 Å². The maximum Gasteiger partial charge on any atom is 0.267 e. The first-order valence-electron chi connectivity index (χ1n) is 9.38. The second-order valence-corrected chi connectivity index (χ2v) is 6.83. The highest BCUT2D eigenvalue weighted by atomic mass is 19.1. The third-order valence-corrected chi connectivity index (χ3v) is 4.88. The lowest BCUT2D eigenvalue weighted by atomic mass is 10.1. The van der Waals surface area contributed by atoms with Crippen LogP contribution in [0, 0.1) is 5.82 Å². The number of hydrogen-bond donors (Lipinski definition) is 0. The van der Waals surface area contributed by atoms with Crippen LogP contribution >= 0.6 is 0 Å². The summed E-state index contributed by atoms with van der Waals surface area (Å²) in [5.41, 5.74) is 1.82. The number of carbonyl (C=O) groups is 1. The molecule has 0 N–H and O–H groups in total. The zero-order valence-corrected chi connectivity index (χ0v) is 15.7. The van der Waals surface area contributed by atoms with Crippen LogP contribution < -0.4 is 5.56 Å². The van der Waals surface area contributed by atoms with Crippen molar-refractivity contribution in [2.24, 2.45) is 0 Å². The Morgan fingerprint density at radius 3 is 2.59 bits per heavy atom. The van der Waals surface area contributed by atoms with Crippen molar-refractivity contribution in [1.82, 2.24) is 14.7 Å². The smallest absolute Gasteiger partial charge is 0.267 e. The predicted molar refractivity (Wildman–Crippen MR) is 106 cm³/mol. The third-order valence-electron chi connectivity index (χ3n) is 4.88. The molecule has 6 nitrogen and oxygen atoms in total. The van der Waals surface area contributed by atoms with E-state index in [1.54, 1.807) is 23.1 Å². The van der Waals surface area contributed by atoms with Gasteiger partial charge in [-0.15, -0.1) is 0 Å². The molecule has 0 radical (unpaired) electrons. The van der Waals surface area contributed by atoms with Crippen molar-refractivity contribution in [3.8, 4) is 11.3 Å². The topological polar surface area (TPSA) is 64.4 Å². The van der Waals surface area contributed by atoms with Gasteiger partial charge in [-0.25, -0.2) is 9.07 Å². The minimum absolute atomic E-state index is 0.157. The number of hydrogen-bond acceptors (Lipinski definition) is 4. The van der Waals surface area contributed by atoms with Crippen molar-refractivity contribution in [1.29, 1.82) is 0 Å². The lowest BCUT2D eigenvalue weighted by Gasteiger charge is -2.33. The van der Waals surface area contributed by atoms with E-state index < -0.39 is 0 Å². The van der Waals surface area contributed by atoms with Gasteiger partial charge in [-0.1, -0.05) is 30.3 Å². The molecular weight excluding hydrogens is 373 g/mol. The Morgan fingerprint density at radius 2 is 1.83 bits per heavy atom. The highest BCUT2D eigenvalue weighted by Gasteiger charge is 2.25. The number of carbonyl (C=O) groups excluding carboxylic acids is 1. The Morgan fingerprint density at radius 1 is 1.07 bits per heavy atom. The van der Waals surface area contributed by atoms with Gasteiger partial charge in [0.2, 0.25) is 5.91 Å². The molecule has 1 fully saturated rings. The molecule has 0 saturated carbocycles. The Labute approximate surface area is 167 Å². The van der Waals surface area contributed by atoms with Gasteiger partial charge in [0.25, 0.3) is 5.56 Å². The molecule has 2 aromatic carbocycles. The van der Waals surface area contributed by atoms with Gasteiger partial charge in [0, 0.05) is 18.2 Å². The molecule has 1 amide bonds. The molecule has 7 heteroatoms. The monoisotopic (exact) mass is 393 g/mol. The van der Waals surface area contributed by atoms with E-state index in [-0.39, 0.29) is 29.9 Å². The van der Waals surface area contributed by atoms with E-state index in [1.807, 2.05) is 30.3 Å². The van der Waals surface area contributed by atoms with Gasteiger partial charge >= 0.3 is 0 Å². The van der Waals surface area contributed by atoms with Crippen molar-refractivity contribution in [3.05, 3.63) is 88.5 Å². The molecule has 2 heterocycles. The predicted octanol–water partition coefficient (Wildman–Crippen LogP) is 2.65. The zero-order chi connectivity index (χ0) is 20.2. The van der Waals surface area contributed by atoms with E-state index in [1.165, 1.54) is 18.2 Å². The average Bonchev–Trinajstić information content (AvgIpc) is 2.76. The first kappa shape index (κ1) is 19.0. The highest BCUT2D eigenvalue weighted by molar-refractivity contribution is 5.76. The van der Waals surface area contributed by atoms with Gasteiger partial charge < -0.3 is 9.64 Å². The summed E-state index contributed by atoms with van der Waals surface area (Å²) in [7, 11) is 0. The summed E-state index contributed by atoms with van der Waals surface area (Å²) in [5, 5.41) is 4.29. The summed E-state index contributed by atoms with van der Waals surface area (Å²) in [6.45, 7) is 1.17. The SMILES string of the molecule is O=C(Cn1nc(-c2ccc(F)cc2)ccc1=O)N1CCO[C@@H](c2ccccc2)C1. The Bertz CT molecular complexity index is 1050. The largest absolute Gasteiger partial charge is 0.370 e. The van der Waals surface area contributed by atoms with Crippen LogP contribution in [-0.4, -0.2) is 40.3 Å². The van der Waals surface area contributed by atoms with Gasteiger partial charge in [0.05, 0.1) is 18.8 Å². The number of nitrogens with zero attached hydrogens (tertiary/aromatic N) is 3.